The van der Waals surface area contributed by atoms with Gasteiger partial charge in [-0.05, 0) is 6.07 Å². The molecule has 0 aliphatic rings. The number of hydrogen-bond acceptors (Lipinski definition) is 6. The molecule has 6 nitrogen and oxygen atoms in total. The first kappa shape index (κ1) is 13.0. The molecular weight excluding hydrogens is 249 g/mol. The van der Waals surface area contributed by atoms with E-state index in [-0.39, 0.29) is 24.4 Å². The van der Waals surface area contributed by atoms with Gasteiger partial charge in [-0.3, -0.25) is 0 Å². The summed E-state index contributed by atoms with van der Waals surface area (Å²) in [6.07, 6.45) is 0. The number of nitrogen functional groups attached to an aromatic ring is 1. The van der Waals surface area contributed by atoms with Gasteiger partial charge in [0, 0.05) is 19.7 Å². The summed E-state index contributed by atoms with van der Waals surface area (Å²) in [6.45, 7) is 0.0307. The zero-order chi connectivity index (χ0) is 13.8. The number of nitrogens with zero attached hydrogens (tertiary/aromatic N) is 4. The van der Waals surface area contributed by atoms with E-state index in [2.05, 4.69) is 15.0 Å². The lowest BCUT2D eigenvalue weighted by Gasteiger charge is -2.11. The normalized spacial score (nSPS) is 10.3. The molecule has 1 aromatic carbocycles. The van der Waals surface area contributed by atoms with E-state index in [1.54, 1.807) is 37.2 Å². The van der Waals surface area contributed by atoms with Crippen molar-refractivity contribution in [2.45, 2.75) is 6.61 Å². The van der Waals surface area contributed by atoms with Crippen molar-refractivity contribution < 1.29 is 9.13 Å². The third-order valence-corrected chi connectivity index (χ3v) is 2.33. The van der Waals surface area contributed by atoms with Gasteiger partial charge < -0.3 is 15.4 Å². The Hall–Kier alpha value is -2.44. The van der Waals surface area contributed by atoms with E-state index in [4.69, 9.17) is 10.5 Å². The molecule has 0 fully saturated rings. The molecule has 0 aliphatic carbocycles. The van der Waals surface area contributed by atoms with Crippen LogP contribution >= 0.6 is 0 Å². The number of halogens is 1. The molecule has 7 heteroatoms. The quantitative estimate of drug-likeness (QED) is 0.894. The average molecular weight is 263 g/mol. The Morgan fingerprint density at radius 1 is 1.21 bits per heavy atom. The minimum atomic E-state index is -0.336. The van der Waals surface area contributed by atoms with Gasteiger partial charge in [0.15, 0.2) is 0 Å². The predicted molar refractivity (Wildman–Crippen MR) is 69.3 cm³/mol. The van der Waals surface area contributed by atoms with Gasteiger partial charge in [-0.25, -0.2) is 4.39 Å². The summed E-state index contributed by atoms with van der Waals surface area (Å²) in [5.41, 5.74) is 5.98. The lowest BCUT2D eigenvalue weighted by molar-refractivity contribution is 0.275. The standard InChI is InChI=1S/C12H14FN5O/c1-18(2)11-15-10(14)16-12(17-11)19-7-8-5-3-4-6-9(8)13/h3-6H,7H2,1-2H3,(H2,14,15,16,17). The number of hydrogen-bond donors (Lipinski definition) is 1. The lowest BCUT2D eigenvalue weighted by Crippen LogP contribution is -2.15. The molecule has 0 radical (unpaired) electrons. The van der Waals surface area contributed by atoms with Crippen LogP contribution in [0.4, 0.5) is 16.3 Å². The molecule has 2 N–H and O–H groups in total. The van der Waals surface area contributed by atoms with Gasteiger partial charge >= 0.3 is 6.01 Å². The zero-order valence-electron chi connectivity index (χ0n) is 10.7. The Balaban J connectivity index is 2.14. The maximum atomic E-state index is 13.4. The summed E-state index contributed by atoms with van der Waals surface area (Å²) in [4.78, 5) is 13.5. The maximum Gasteiger partial charge on any atom is 0.323 e. The van der Waals surface area contributed by atoms with Gasteiger partial charge in [0.1, 0.15) is 12.4 Å². The Morgan fingerprint density at radius 3 is 2.63 bits per heavy atom. The monoisotopic (exact) mass is 263 g/mol. The Morgan fingerprint density at radius 2 is 1.95 bits per heavy atom. The van der Waals surface area contributed by atoms with Gasteiger partial charge in [0.25, 0.3) is 0 Å². The molecule has 2 aromatic rings. The molecule has 1 heterocycles. The molecule has 0 atom stereocenters. The fourth-order valence-corrected chi connectivity index (χ4v) is 1.38. The van der Waals surface area contributed by atoms with Crippen LogP contribution in [0.25, 0.3) is 0 Å². The van der Waals surface area contributed by atoms with Crippen molar-refractivity contribution >= 4 is 11.9 Å². The summed E-state index contributed by atoms with van der Waals surface area (Å²) in [5.74, 6) is 0.107. The number of ether oxygens (including phenoxy) is 1. The second-order valence-electron chi connectivity index (χ2n) is 4.05. The molecule has 1 aromatic heterocycles. The first-order valence-electron chi connectivity index (χ1n) is 5.61. The van der Waals surface area contributed by atoms with E-state index < -0.39 is 0 Å². The van der Waals surface area contributed by atoms with Crippen LogP contribution in [0.15, 0.2) is 24.3 Å². The molecule has 0 bridgehead atoms. The third kappa shape index (κ3) is 3.27. The highest BCUT2D eigenvalue weighted by atomic mass is 19.1. The van der Waals surface area contributed by atoms with E-state index in [9.17, 15) is 4.39 Å². The summed E-state index contributed by atoms with van der Waals surface area (Å²) < 4.78 is 18.7. The number of benzene rings is 1. The van der Waals surface area contributed by atoms with Crippen LogP contribution in [0, 0.1) is 5.82 Å². The second kappa shape index (κ2) is 5.47. The highest BCUT2D eigenvalue weighted by Crippen LogP contribution is 2.14. The molecule has 19 heavy (non-hydrogen) atoms. The number of aromatic nitrogens is 3. The molecule has 0 saturated carbocycles. The van der Waals surface area contributed by atoms with Crippen LogP contribution in [0.2, 0.25) is 0 Å². The molecule has 0 spiro atoms. The molecule has 100 valence electrons. The van der Waals surface area contributed by atoms with Crippen molar-refractivity contribution in [2.75, 3.05) is 24.7 Å². The van der Waals surface area contributed by atoms with Gasteiger partial charge in [-0.1, -0.05) is 18.2 Å². The first-order valence-corrected chi connectivity index (χ1v) is 5.61. The number of anilines is 2. The van der Waals surface area contributed by atoms with Crippen molar-refractivity contribution in [1.29, 1.82) is 0 Å². The van der Waals surface area contributed by atoms with E-state index in [1.165, 1.54) is 6.07 Å². The highest BCUT2D eigenvalue weighted by Gasteiger charge is 2.08. The van der Waals surface area contributed by atoms with Crippen molar-refractivity contribution in [1.82, 2.24) is 15.0 Å². The van der Waals surface area contributed by atoms with Crippen molar-refractivity contribution in [3.8, 4) is 6.01 Å². The van der Waals surface area contributed by atoms with Crippen LogP contribution in [0.5, 0.6) is 6.01 Å². The van der Waals surface area contributed by atoms with Gasteiger partial charge in [0.2, 0.25) is 11.9 Å². The van der Waals surface area contributed by atoms with Crippen molar-refractivity contribution in [3.05, 3.63) is 35.6 Å². The summed E-state index contributed by atoms with van der Waals surface area (Å²) >= 11 is 0. The van der Waals surface area contributed by atoms with Gasteiger partial charge in [-0.2, -0.15) is 15.0 Å². The SMILES string of the molecule is CN(C)c1nc(N)nc(OCc2ccccc2F)n1. The van der Waals surface area contributed by atoms with Gasteiger partial charge in [-0.15, -0.1) is 0 Å². The van der Waals surface area contributed by atoms with E-state index in [0.717, 1.165) is 0 Å². The largest absolute Gasteiger partial charge is 0.458 e. The van der Waals surface area contributed by atoms with Crippen LogP contribution in [-0.4, -0.2) is 29.0 Å². The zero-order valence-corrected chi connectivity index (χ0v) is 10.7. The average Bonchev–Trinajstić information content (AvgIpc) is 2.37. The molecule has 0 saturated heterocycles. The molecular formula is C12H14FN5O. The summed E-state index contributed by atoms with van der Waals surface area (Å²) in [6, 6.07) is 6.41. The van der Waals surface area contributed by atoms with Crippen LogP contribution < -0.4 is 15.4 Å². The van der Waals surface area contributed by atoms with E-state index >= 15 is 0 Å². The lowest BCUT2D eigenvalue weighted by atomic mass is 10.2. The summed E-state index contributed by atoms with van der Waals surface area (Å²) in [7, 11) is 3.55. The van der Waals surface area contributed by atoms with Crippen molar-refractivity contribution in [2.24, 2.45) is 0 Å². The number of nitrogens with two attached hydrogens (primary N) is 1. The molecule has 0 aliphatic heterocycles. The fourth-order valence-electron chi connectivity index (χ4n) is 1.38. The third-order valence-electron chi connectivity index (χ3n) is 2.33. The predicted octanol–water partition coefficient (Wildman–Crippen LogP) is 1.24. The van der Waals surface area contributed by atoms with Crippen LogP contribution in [0.1, 0.15) is 5.56 Å². The Labute approximate surface area is 110 Å². The van der Waals surface area contributed by atoms with Crippen molar-refractivity contribution in [3.63, 3.8) is 0 Å². The molecule has 0 unspecified atom stereocenters. The Kier molecular flexibility index (Phi) is 3.74. The summed E-state index contributed by atoms with van der Waals surface area (Å²) in [5, 5.41) is 0. The minimum Gasteiger partial charge on any atom is -0.458 e. The Bertz CT molecular complexity index is 576. The maximum absolute atomic E-state index is 13.4. The molecule has 2 rings (SSSR count). The topological polar surface area (TPSA) is 77.2 Å². The van der Waals surface area contributed by atoms with Crippen LogP contribution in [0.3, 0.4) is 0 Å². The minimum absolute atomic E-state index is 0.0307. The van der Waals surface area contributed by atoms with E-state index in [1.807, 2.05) is 0 Å². The number of rotatable bonds is 4. The smallest absolute Gasteiger partial charge is 0.323 e. The van der Waals surface area contributed by atoms with Crippen LogP contribution in [-0.2, 0) is 6.61 Å². The molecule has 0 amide bonds. The highest BCUT2D eigenvalue weighted by molar-refractivity contribution is 5.34. The first-order chi connectivity index (χ1) is 9.06. The van der Waals surface area contributed by atoms with Gasteiger partial charge in [0.05, 0.1) is 0 Å². The fraction of sp³-hybridized carbons (Fsp3) is 0.250. The second-order valence-corrected chi connectivity index (χ2v) is 4.05. The van der Waals surface area contributed by atoms with E-state index in [0.29, 0.717) is 11.5 Å².